The number of likely N-dealkylation sites (tertiary alicyclic amines) is 1. The number of hydrogen-bond acceptors (Lipinski definition) is 3. The Kier molecular flexibility index (Phi) is 4.15. The fourth-order valence-corrected chi connectivity index (χ4v) is 2.32. The molecule has 108 valence electrons. The number of aliphatic carboxylic acids is 1. The molecule has 1 aromatic carbocycles. The average molecular weight is 299 g/mol. The summed E-state index contributed by atoms with van der Waals surface area (Å²) in [5.41, 5.74) is 1.36. The molecule has 0 bridgehead atoms. The van der Waals surface area contributed by atoms with E-state index in [0.717, 1.165) is 10.5 Å². The Balaban J connectivity index is 2.11. The molecule has 2 amide bonds. The van der Waals surface area contributed by atoms with E-state index in [1.54, 1.807) is 18.2 Å². The minimum Gasteiger partial charge on any atom is -0.480 e. The molecule has 0 spiro atoms. The van der Waals surface area contributed by atoms with Crippen molar-refractivity contribution < 1.29 is 19.8 Å². The molecule has 2 atom stereocenters. The van der Waals surface area contributed by atoms with Gasteiger partial charge in [0.25, 0.3) is 0 Å². The zero-order valence-corrected chi connectivity index (χ0v) is 11.6. The van der Waals surface area contributed by atoms with Gasteiger partial charge in [-0.1, -0.05) is 17.7 Å². The van der Waals surface area contributed by atoms with Crippen molar-refractivity contribution in [2.75, 3.05) is 11.9 Å². The van der Waals surface area contributed by atoms with Crippen LogP contribution < -0.4 is 5.32 Å². The van der Waals surface area contributed by atoms with Crippen molar-refractivity contribution in [3.05, 3.63) is 28.8 Å². The Morgan fingerprint density at radius 3 is 2.75 bits per heavy atom. The Labute approximate surface area is 121 Å². The summed E-state index contributed by atoms with van der Waals surface area (Å²) in [7, 11) is 0. The van der Waals surface area contributed by atoms with Crippen molar-refractivity contribution in [1.29, 1.82) is 0 Å². The van der Waals surface area contributed by atoms with E-state index in [-0.39, 0.29) is 13.0 Å². The van der Waals surface area contributed by atoms with Crippen molar-refractivity contribution in [3.8, 4) is 0 Å². The molecule has 20 heavy (non-hydrogen) atoms. The van der Waals surface area contributed by atoms with Gasteiger partial charge in [0.05, 0.1) is 6.10 Å². The molecule has 1 heterocycles. The van der Waals surface area contributed by atoms with Crippen molar-refractivity contribution >= 4 is 29.3 Å². The van der Waals surface area contributed by atoms with Crippen LogP contribution in [0, 0.1) is 6.92 Å². The second-order valence-corrected chi connectivity index (χ2v) is 5.20. The van der Waals surface area contributed by atoms with E-state index in [9.17, 15) is 14.7 Å². The molecule has 1 aliphatic heterocycles. The highest BCUT2D eigenvalue weighted by molar-refractivity contribution is 6.31. The van der Waals surface area contributed by atoms with Crippen LogP contribution in [-0.4, -0.2) is 45.8 Å². The highest BCUT2D eigenvalue weighted by Gasteiger charge is 2.38. The minimum atomic E-state index is -1.13. The van der Waals surface area contributed by atoms with Crippen LogP contribution in [0.15, 0.2) is 18.2 Å². The molecule has 0 aromatic heterocycles. The van der Waals surface area contributed by atoms with Crippen LogP contribution in [-0.2, 0) is 4.79 Å². The smallest absolute Gasteiger partial charge is 0.326 e. The molecule has 0 radical (unpaired) electrons. The number of aryl methyl sites for hydroxylation is 1. The monoisotopic (exact) mass is 298 g/mol. The van der Waals surface area contributed by atoms with Crippen LogP contribution >= 0.6 is 11.6 Å². The SMILES string of the molecule is Cc1ccc(NC(=O)N2C[C@H](O)C[C@H]2C(=O)O)cc1Cl. The number of anilines is 1. The number of carboxylic acid groups (broad SMARTS) is 1. The number of rotatable bonds is 2. The van der Waals surface area contributed by atoms with Gasteiger partial charge in [-0.2, -0.15) is 0 Å². The Bertz CT molecular complexity index is 549. The fraction of sp³-hybridized carbons (Fsp3) is 0.385. The quantitative estimate of drug-likeness (QED) is 0.775. The average Bonchev–Trinajstić information content (AvgIpc) is 2.76. The van der Waals surface area contributed by atoms with Crippen molar-refractivity contribution in [2.24, 2.45) is 0 Å². The van der Waals surface area contributed by atoms with Gasteiger partial charge in [-0.25, -0.2) is 9.59 Å². The number of carbonyl (C=O) groups is 2. The van der Waals surface area contributed by atoms with Crippen LogP contribution in [0.4, 0.5) is 10.5 Å². The molecule has 1 saturated heterocycles. The number of hydrogen-bond donors (Lipinski definition) is 3. The topological polar surface area (TPSA) is 89.9 Å². The standard InChI is InChI=1S/C13H15ClN2O4/c1-7-2-3-8(4-10(7)14)15-13(20)16-6-9(17)5-11(16)12(18)19/h2-4,9,11,17H,5-6H2,1H3,(H,15,20)(H,18,19)/t9-,11+/m1/s1. The fourth-order valence-electron chi connectivity index (χ4n) is 2.14. The first-order valence-electron chi connectivity index (χ1n) is 6.13. The van der Waals surface area contributed by atoms with Crippen molar-refractivity contribution in [3.63, 3.8) is 0 Å². The molecule has 7 heteroatoms. The Morgan fingerprint density at radius 2 is 2.15 bits per heavy atom. The van der Waals surface area contributed by atoms with Crippen LogP contribution in [0.25, 0.3) is 0 Å². The summed E-state index contributed by atoms with van der Waals surface area (Å²) < 4.78 is 0. The number of nitrogens with zero attached hydrogens (tertiary/aromatic N) is 1. The molecule has 2 rings (SSSR count). The van der Waals surface area contributed by atoms with Crippen molar-refractivity contribution in [1.82, 2.24) is 4.90 Å². The lowest BCUT2D eigenvalue weighted by Gasteiger charge is -2.21. The van der Waals surface area contributed by atoms with Gasteiger partial charge in [0.1, 0.15) is 6.04 Å². The maximum atomic E-state index is 12.1. The summed E-state index contributed by atoms with van der Waals surface area (Å²) in [5.74, 6) is -1.13. The maximum Gasteiger partial charge on any atom is 0.326 e. The predicted octanol–water partition coefficient (Wildman–Crippen LogP) is 1.70. The lowest BCUT2D eigenvalue weighted by molar-refractivity contribution is -0.141. The zero-order chi connectivity index (χ0) is 14.9. The molecule has 1 fully saturated rings. The Morgan fingerprint density at radius 1 is 1.45 bits per heavy atom. The van der Waals surface area contributed by atoms with Crippen molar-refractivity contribution in [2.45, 2.75) is 25.5 Å². The predicted molar refractivity (Wildman–Crippen MR) is 74.0 cm³/mol. The molecule has 6 nitrogen and oxygen atoms in total. The molecule has 3 N–H and O–H groups in total. The number of carbonyl (C=O) groups excluding carboxylic acids is 1. The number of amides is 2. The number of aliphatic hydroxyl groups excluding tert-OH is 1. The summed E-state index contributed by atoms with van der Waals surface area (Å²) in [6.07, 6.45) is -0.777. The number of β-amino-alcohol motifs (C(OH)–C–C–N with tert-alkyl or cyclic N) is 1. The summed E-state index contributed by atoms with van der Waals surface area (Å²) in [4.78, 5) is 24.2. The van der Waals surface area contributed by atoms with Gasteiger partial charge < -0.3 is 20.4 Å². The number of nitrogens with one attached hydrogen (secondary N) is 1. The maximum absolute atomic E-state index is 12.1. The molecule has 0 saturated carbocycles. The normalized spacial score (nSPS) is 21.9. The molecule has 1 aliphatic rings. The molecule has 1 aromatic rings. The lowest BCUT2D eigenvalue weighted by Crippen LogP contribution is -2.43. The third-order valence-electron chi connectivity index (χ3n) is 3.25. The first-order valence-corrected chi connectivity index (χ1v) is 6.51. The largest absolute Gasteiger partial charge is 0.480 e. The minimum absolute atomic E-state index is 0.00237. The number of benzene rings is 1. The highest BCUT2D eigenvalue weighted by Crippen LogP contribution is 2.22. The van der Waals surface area contributed by atoms with Gasteiger partial charge in [0.15, 0.2) is 0 Å². The van der Waals surface area contributed by atoms with Crippen LogP contribution in [0.1, 0.15) is 12.0 Å². The number of halogens is 1. The van der Waals surface area contributed by atoms with E-state index in [1.165, 1.54) is 0 Å². The van der Waals surface area contributed by atoms with E-state index in [0.29, 0.717) is 10.7 Å². The number of urea groups is 1. The molecule has 0 aliphatic carbocycles. The van der Waals surface area contributed by atoms with E-state index in [1.807, 2.05) is 6.92 Å². The molecule has 0 unspecified atom stereocenters. The van der Waals surface area contributed by atoms with Gasteiger partial charge >= 0.3 is 12.0 Å². The van der Waals surface area contributed by atoms with Crippen LogP contribution in [0.3, 0.4) is 0 Å². The van der Waals surface area contributed by atoms with E-state index >= 15 is 0 Å². The van der Waals surface area contributed by atoms with Gasteiger partial charge in [0.2, 0.25) is 0 Å². The summed E-state index contributed by atoms with van der Waals surface area (Å²) >= 11 is 5.96. The number of carboxylic acids is 1. The first kappa shape index (κ1) is 14.6. The third-order valence-corrected chi connectivity index (χ3v) is 3.66. The summed E-state index contributed by atoms with van der Waals surface area (Å²) in [5, 5.41) is 21.6. The van der Waals surface area contributed by atoms with Crippen LogP contribution in [0.5, 0.6) is 0 Å². The highest BCUT2D eigenvalue weighted by atomic mass is 35.5. The van der Waals surface area contributed by atoms with E-state index in [2.05, 4.69) is 5.32 Å². The summed E-state index contributed by atoms with van der Waals surface area (Å²) in [6.45, 7) is 1.84. The van der Waals surface area contributed by atoms with Gasteiger partial charge in [0, 0.05) is 23.7 Å². The second kappa shape index (κ2) is 5.68. The zero-order valence-electron chi connectivity index (χ0n) is 10.8. The summed E-state index contributed by atoms with van der Waals surface area (Å²) in [6, 6.07) is 3.46. The van der Waals surface area contributed by atoms with Gasteiger partial charge in [-0.3, -0.25) is 0 Å². The van der Waals surface area contributed by atoms with E-state index in [4.69, 9.17) is 16.7 Å². The van der Waals surface area contributed by atoms with E-state index < -0.39 is 24.1 Å². The molecular weight excluding hydrogens is 284 g/mol. The second-order valence-electron chi connectivity index (χ2n) is 4.79. The van der Waals surface area contributed by atoms with Gasteiger partial charge in [-0.05, 0) is 24.6 Å². The Hall–Kier alpha value is -1.79. The third kappa shape index (κ3) is 3.02. The van der Waals surface area contributed by atoms with Gasteiger partial charge in [-0.15, -0.1) is 0 Å². The van der Waals surface area contributed by atoms with Crippen LogP contribution in [0.2, 0.25) is 5.02 Å². The first-order chi connectivity index (χ1) is 9.38. The number of aliphatic hydroxyl groups is 1. The lowest BCUT2D eigenvalue weighted by atomic mass is 10.2. The molecular formula is C13H15ClN2O4.